The van der Waals surface area contributed by atoms with E-state index in [1.165, 1.54) is 41.5 Å². The minimum Gasteiger partial charge on any atom is -0.293 e. The summed E-state index contributed by atoms with van der Waals surface area (Å²) in [6, 6.07) is 6.15. The van der Waals surface area contributed by atoms with E-state index in [4.69, 9.17) is 11.6 Å². The highest BCUT2D eigenvalue weighted by atomic mass is 35.5. The lowest BCUT2D eigenvalue weighted by Crippen LogP contribution is -2.02. The molecule has 104 valence electrons. The maximum Gasteiger partial charge on any atom is 0.177 e. The van der Waals surface area contributed by atoms with Gasteiger partial charge in [0.2, 0.25) is 0 Å². The van der Waals surface area contributed by atoms with Gasteiger partial charge in [-0.2, -0.15) is 0 Å². The Hall–Kier alpha value is -1.19. The van der Waals surface area contributed by atoms with Gasteiger partial charge in [-0.15, -0.1) is 11.3 Å². The zero-order chi connectivity index (χ0) is 14.1. The standard InChI is InChI=1S/C16H14ClFOS/c17-13-6-5-12(18)7-11(13)8-14(19)16-9-10-3-1-2-4-15(10)20-16/h5-7,9H,1-4,8H2. The van der Waals surface area contributed by atoms with Crippen LogP contribution in [0.3, 0.4) is 0 Å². The molecule has 0 amide bonds. The van der Waals surface area contributed by atoms with Gasteiger partial charge in [-0.1, -0.05) is 11.6 Å². The number of halogens is 2. The van der Waals surface area contributed by atoms with Crippen molar-refractivity contribution in [3.8, 4) is 0 Å². The molecule has 1 aromatic carbocycles. The second-order valence-corrected chi connectivity index (χ2v) is 6.65. The molecule has 1 aliphatic carbocycles. The van der Waals surface area contributed by atoms with Crippen molar-refractivity contribution in [1.29, 1.82) is 0 Å². The molecule has 0 bridgehead atoms. The Bertz CT molecular complexity index is 639. The Morgan fingerprint density at radius 3 is 2.85 bits per heavy atom. The molecule has 0 radical (unpaired) electrons. The first kappa shape index (κ1) is 13.8. The number of ketones is 1. The topological polar surface area (TPSA) is 17.1 Å². The Morgan fingerprint density at radius 2 is 2.05 bits per heavy atom. The summed E-state index contributed by atoms with van der Waals surface area (Å²) in [6.45, 7) is 0. The van der Waals surface area contributed by atoms with Crippen LogP contribution < -0.4 is 0 Å². The predicted molar refractivity (Wildman–Crippen MR) is 80.4 cm³/mol. The van der Waals surface area contributed by atoms with E-state index in [9.17, 15) is 9.18 Å². The van der Waals surface area contributed by atoms with Gasteiger partial charge in [-0.3, -0.25) is 4.79 Å². The summed E-state index contributed by atoms with van der Waals surface area (Å²) >= 11 is 7.60. The van der Waals surface area contributed by atoms with Crippen molar-refractivity contribution in [2.45, 2.75) is 32.1 Å². The molecular weight excluding hydrogens is 295 g/mol. The lowest BCUT2D eigenvalue weighted by atomic mass is 9.98. The van der Waals surface area contributed by atoms with Crippen LogP contribution in [0, 0.1) is 5.82 Å². The van der Waals surface area contributed by atoms with Gasteiger partial charge in [0.1, 0.15) is 5.82 Å². The highest BCUT2D eigenvalue weighted by molar-refractivity contribution is 7.14. The van der Waals surface area contributed by atoms with Crippen LogP contribution in [0.1, 0.15) is 38.5 Å². The molecule has 1 heterocycles. The highest BCUT2D eigenvalue weighted by Gasteiger charge is 2.18. The molecule has 1 aliphatic rings. The van der Waals surface area contributed by atoms with Crippen LogP contribution in [0.25, 0.3) is 0 Å². The summed E-state index contributed by atoms with van der Waals surface area (Å²) in [6.07, 6.45) is 4.72. The van der Waals surface area contributed by atoms with Crippen molar-refractivity contribution in [2.24, 2.45) is 0 Å². The predicted octanol–water partition coefficient (Wildman–Crippen LogP) is 4.84. The molecule has 0 N–H and O–H groups in total. The van der Waals surface area contributed by atoms with Gasteiger partial charge in [0.25, 0.3) is 0 Å². The lowest BCUT2D eigenvalue weighted by Gasteiger charge is -2.08. The number of rotatable bonds is 3. The van der Waals surface area contributed by atoms with E-state index in [1.807, 2.05) is 6.07 Å². The molecule has 0 atom stereocenters. The van der Waals surface area contributed by atoms with E-state index in [-0.39, 0.29) is 18.0 Å². The van der Waals surface area contributed by atoms with Crippen molar-refractivity contribution >= 4 is 28.7 Å². The Labute approximate surface area is 126 Å². The number of Topliss-reactive ketones (excluding diaryl/α,β-unsaturated/α-hetero) is 1. The molecule has 2 aromatic rings. The fourth-order valence-corrected chi connectivity index (χ4v) is 3.94. The molecule has 3 rings (SSSR count). The quantitative estimate of drug-likeness (QED) is 0.741. The third-order valence-corrected chi connectivity index (χ3v) is 5.28. The minimum absolute atomic E-state index is 0.0249. The van der Waals surface area contributed by atoms with Crippen molar-refractivity contribution in [1.82, 2.24) is 0 Å². The maximum atomic E-state index is 13.2. The van der Waals surface area contributed by atoms with Gasteiger partial charge in [0, 0.05) is 16.3 Å². The third-order valence-electron chi connectivity index (χ3n) is 3.63. The number of fused-ring (bicyclic) bond motifs is 1. The Balaban J connectivity index is 1.82. The molecule has 0 saturated heterocycles. The number of aryl methyl sites for hydroxylation is 2. The number of carbonyl (C=O) groups is 1. The minimum atomic E-state index is -0.359. The molecule has 20 heavy (non-hydrogen) atoms. The largest absolute Gasteiger partial charge is 0.293 e. The van der Waals surface area contributed by atoms with Crippen LogP contribution >= 0.6 is 22.9 Å². The second-order valence-electron chi connectivity index (χ2n) is 5.10. The van der Waals surface area contributed by atoms with E-state index < -0.39 is 0 Å². The Kier molecular flexibility index (Phi) is 3.90. The number of hydrogen-bond donors (Lipinski definition) is 0. The second kappa shape index (κ2) is 5.66. The summed E-state index contributed by atoms with van der Waals surface area (Å²) in [5.41, 5.74) is 1.87. The highest BCUT2D eigenvalue weighted by Crippen LogP contribution is 2.30. The number of hydrogen-bond acceptors (Lipinski definition) is 2. The van der Waals surface area contributed by atoms with Crippen LogP contribution in [-0.4, -0.2) is 5.78 Å². The Morgan fingerprint density at radius 1 is 1.25 bits per heavy atom. The number of benzene rings is 1. The first-order chi connectivity index (χ1) is 9.63. The zero-order valence-electron chi connectivity index (χ0n) is 10.9. The lowest BCUT2D eigenvalue weighted by molar-refractivity contribution is 0.0996. The van der Waals surface area contributed by atoms with Gasteiger partial charge in [-0.25, -0.2) is 4.39 Å². The molecule has 4 heteroatoms. The number of carbonyl (C=O) groups excluding carboxylic acids is 1. The van der Waals surface area contributed by atoms with Gasteiger partial charge < -0.3 is 0 Å². The van der Waals surface area contributed by atoms with Crippen molar-refractivity contribution < 1.29 is 9.18 Å². The first-order valence-electron chi connectivity index (χ1n) is 6.72. The molecule has 1 nitrogen and oxygen atoms in total. The zero-order valence-corrected chi connectivity index (χ0v) is 12.5. The first-order valence-corrected chi connectivity index (χ1v) is 7.91. The van der Waals surface area contributed by atoms with E-state index in [2.05, 4.69) is 0 Å². The molecule has 0 aliphatic heterocycles. The summed E-state index contributed by atoms with van der Waals surface area (Å²) in [4.78, 5) is 14.4. The fourth-order valence-electron chi connectivity index (χ4n) is 2.57. The summed E-state index contributed by atoms with van der Waals surface area (Å²) in [5.74, 6) is -0.334. The van der Waals surface area contributed by atoms with Crippen LogP contribution in [0.5, 0.6) is 0 Å². The molecule has 0 fully saturated rings. The smallest absolute Gasteiger partial charge is 0.177 e. The SMILES string of the molecule is O=C(Cc1cc(F)ccc1Cl)c1cc2c(s1)CCCC2. The van der Waals surface area contributed by atoms with Crippen LogP contribution in [0.4, 0.5) is 4.39 Å². The fraction of sp³-hybridized carbons (Fsp3) is 0.312. The molecule has 0 unspecified atom stereocenters. The molecule has 0 saturated carbocycles. The van der Waals surface area contributed by atoms with E-state index >= 15 is 0 Å². The maximum absolute atomic E-state index is 13.2. The van der Waals surface area contributed by atoms with Gasteiger partial charge in [-0.05, 0) is 61.1 Å². The number of thiophene rings is 1. The van der Waals surface area contributed by atoms with Gasteiger partial charge in [0.05, 0.1) is 4.88 Å². The average molecular weight is 309 g/mol. The van der Waals surface area contributed by atoms with Crippen LogP contribution in [-0.2, 0) is 19.3 Å². The van der Waals surface area contributed by atoms with Gasteiger partial charge >= 0.3 is 0 Å². The van der Waals surface area contributed by atoms with Gasteiger partial charge in [0.15, 0.2) is 5.78 Å². The summed E-state index contributed by atoms with van der Waals surface area (Å²) < 4.78 is 13.2. The van der Waals surface area contributed by atoms with Crippen molar-refractivity contribution in [2.75, 3.05) is 0 Å². The van der Waals surface area contributed by atoms with Crippen LogP contribution in [0.2, 0.25) is 5.02 Å². The van der Waals surface area contributed by atoms with Crippen LogP contribution in [0.15, 0.2) is 24.3 Å². The molecule has 1 aromatic heterocycles. The normalized spacial score (nSPS) is 14.1. The molecule has 0 spiro atoms. The van der Waals surface area contributed by atoms with E-state index in [0.717, 1.165) is 17.7 Å². The third kappa shape index (κ3) is 2.79. The van der Waals surface area contributed by atoms with Crippen molar-refractivity contribution in [3.05, 3.63) is 56.0 Å². The van der Waals surface area contributed by atoms with Crippen molar-refractivity contribution in [3.63, 3.8) is 0 Å². The average Bonchev–Trinajstić information content (AvgIpc) is 2.87. The summed E-state index contributed by atoms with van der Waals surface area (Å²) in [7, 11) is 0. The van der Waals surface area contributed by atoms with E-state index in [1.54, 1.807) is 11.3 Å². The molecular formula is C16H14ClFOS. The monoisotopic (exact) mass is 308 g/mol. The van der Waals surface area contributed by atoms with E-state index in [0.29, 0.717) is 10.6 Å². The summed E-state index contributed by atoms with van der Waals surface area (Å²) in [5, 5.41) is 0.445.